The molecule has 0 saturated heterocycles. The topological polar surface area (TPSA) is 41.8 Å². The van der Waals surface area contributed by atoms with Gasteiger partial charge in [0.1, 0.15) is 16.2 Å². The highest BCUT2D eigenvalue weighted by atomic mass is 79.9. The molecule has 0 atom stereocenters. The number of imidazole rings is 1. The largest absolute Gasteiger partial charge is 0.469 e. The minimum Gasteiger partial charge on any atom is -0.469 e. The van der Waals surface area contributed by atoms with Gasteiger partial charge in [-0.25, -0.2) is 4.98 Å². The summed E-state index contributed by atoms with van der Waals surface area (Å²) in [5.41, 5.74) is 1.05. The number of rotatable bonds is 2. The van der Waals surface area contributed by atoms with Gasteiger partial charge in [0.25, 0.3) is 0 Å². The van der Waals surface area contributed by atoms with E-state index in [4.69, 9.17) is 4.42 Å². The Morgan fingerprint density at radius 2 is 2.46 bits per heavy atom. The average Bonchev–Trinajstić information content (AvgIpc) is 2.63. The van der Waals surface area contributed by atoms with Crippen LogP contribution in [0.4, 0.5) is 0 Å². The van der Waals surface area contributed by atoms with E-state index < -0.39 is 0 Å². The molecule has 13 heavy (non-hydrogen) atoms. The summed E-state index contributed by atoms with van der Waals surface area (Å²) >= 11 is 3.38. The molecule has 0 aliphatic rings. The zero-order valence-electron chi connectivity index (χ0n) is 7.17. The Morgan fingerprint density at radius 3 is 3.00 bits per heavy atom. The molecule has 2 heterocycles. The minimum absolute atomic E-state index is 0.744. The smallest absolute Gasteiger partial charge is 0.127 e. The van der Waals surface area contributed by atoms with Crippen molar-refractivity contribution in [1.82, 2.24) is 9.97 Å². The first kappa shape index (κ1) is 8.56. The summed E-state index contributed by atoms with van der Waals surface area (Å²) in [5, 5.41) is 0. The van der Waals surface area contributed by atoms with E-state index in [0.29, 0.717) is 0 Å². The van der Waals surface area contributed by atoms with E-state index in [1.165, 1.54) is 0 Å². The molecule has 0 spiro atoms. The molecule has 2 rings (SSSR count). The van der Waals surface area contributed by atoms with Crippen LogP contribution in [0, 0.1) is 6.92 Å². The monoisotopic (exact) mass is 240 g/mol. The number of aryl methyl sites for hydroxylation is 1. The molecular weight excluding hydrogens is 232 g/mol. The maximum Gasteiger partial charge on any atom is 0.127 e. The summed E-state index contributed by atoms with van der Waals surface area (Å²) in [6.07, 6.45) is 2.42. The van der Waals surface area contributed by atoms with E-state index in [-0.39, 0.29) is 0 Å². The van der Waals surface area contributed by atoms with Crippen molar-refractivity contribution in [3.63, 3.8) is 0 Å². The molecule has 3 nitrogen and oxygen atoms in total. The lowest BCUT2D eigenvalue weighted by Gasteiger charge is -1.93. The van der Waals surface area contributed by atoms with Crippen molar-refractivity contribution in [3.8, 4) is 0 Å². The molecule has 68 valence electrons. The standard InChI is InChI=1S/C9H9BrN2O/c1-6-11-8(9(10)12-6)5-7-3-2-4-13-7/h2-4H,5H2,1H3,(H,11,12). The molecule has 0 amide bonds. The quantitative estimate of drug-likeness (QED) is 0.878. The number of hydrogen-bond donors (Lipinski definition) is 1. The molecule has 2 aromatic rings. The first-order valence-corrected chi connectivity index (χ1v) is 4.78. The van der Waals surface area contributed by atoms with Crippen LogP contribution in [0.3, 0.4) is 0 Å². The first-order valence-electron chi connectivity index (χ1n) is 3.99. The van der Waals surface area contributed by atoms with Gasteiger partial charge in [0.05, 0.1) is 12.0 Å². The molecule has 0 bridgehead atoms. The van der Waals surface area contributed by atoms with Crippen molar-refractivity contribution in [2.75, 3.05) is 0 Å². The van der Waals surface area contributed by atoms with Crippen molar-refractivity contribution in [1.29, 1.82) is 0 Å². The van der Waals surface area contributed by atoms with Crippen LogP contribution in [0.25, 0.3) is 0 Å². The molecule has 0 saturated carbocycles. The van der Waals surface area contributed by atoms with Gasteiger partial charge in [0.15, 0.2) is 0 Å². The molecule has 0 radical (unpaired) electrons. The molecule has 0 aliphatic carbocycles. The van der Waals surface area contributed by atoms with Gasteiger partial charge < -0.3 is 9.40 Å². The summed E-state index contributed by atoms with van der Waals surface area (Å²) in [6, 6.07) is 3.83. The molecule has 0 aliphatic heterocycles. The summed E-state index contributed by atoms with van der Waals surface area (Å²) < 4.78 is 6.10. The van der Waals surface area contributed by atoms with E-state index in [1.807, 2.05) is 19.1 Å². The number of halogens is 1. The zero-order valence-corrected chi connectivity index (χ0v) is 8.76. The molecule has 0 aromatic carbocycles. The fourth-order valence-electron chi connectivity index (χ4n) is 1.22. The highest BCUT2D eigenvalue weighted by Gasteiger charge is 2.06. The molecule has 1 N–H and O–H groups in total. The van der Waals surface area contributed by atoms with Crippen molar-refractivity contribution in [3.05, 3.63) is 40.3 Å². The Kier molecular flexibility index (Phi) is 2.22. The highest BCUT2D eigenvalue weighted by Crippen LogP contribution is 2.17. The fraction of sp³-hybridized carbons (Fsp3) is 0.222. The highest BCUT2D eigenvalue weighted by molar-refractivity contribution is 9.10. The number of furan rings is 1. The second-order valence-corrected chi connectivity index (χ2v) is 3.60. The van der Waals surface area contributed by atoms with Gasteiger partial charge in [-0.15, -0.1) is 0 Å². The summed E-state index contributed by atoms with van der Waals surface area (Å²) in [4.78, 5) is 7.38. The maximum absolute atomic E-state index is 5.23. The van der Waals surface area contributed by atoms with Crippen LogP contribution in [-0.2, 0) is 6.42 Å². The first-order chi connectivity index (χ1) is 6.25. The van der Waals surface area contributed by atoms with Crippen LogP contribution in [0.15, 0.2) is 27.4 Å². The van der Waals surface area contributed by atoms with Crippen LogP contribution in [-0.4, -0.2) is 9.97 Å². The van der Waals surface area contributed by atoms with Crippen molar-refractivity contribution in [2.24, 2.45) is 0 Å². The predicted molar refractivity (Wildman–Crippen MR) is 52.5 cm³/mol. The van der Waals surface area contributed by atoms with Crippen LogP contribution in [0.1, 0.15) is 17.3 Å². The van der Waals surface area contributed by atoms with Crippen LogP contribution in [0.5, 0.6) is 0 Å². The number of aromatic amines is 1. The number of nitrogens with zero attached hydrogens (tertiary/aromatic N) is 1. The zero-order chi connectivity index (χ0) is 9.26. The molecular formula is C9H9BrN2O. The van der Waals surface area contributed by atoms with Gasteiger partial charge in [0.2, 0.25) is 0 Å². The van der Waals surface area contributed by atoms with E-state index in [9.17, 15) is 0 Å². The number of hydrogen-bond acceptors (Lipinski definition) is 2. The lowest BCUT2D eigenvalue weighted by molar-refractivity contribution is 0.519. The van der Waals surface area contributed by atoms with Crippen molar-refractivity contribution in [2.45, 2.75) is 13.3 Å². The molecule has 2 aromatic heterocycles. The molecule has 4 heteroatoms. The van der Waals surface area contributed by atoms with Gasteiger partial charge in [-0.1, -0.05) is 0 Å². The van der Waals surface area contributed by atoms with Crippen LogP contribution in [0.2, 0.25) is 0 Å². The predicted octanol–water partition coefficient (Wildman–Crippen LogP) is 2.66. The Labute approximate surface area is 84.3 Å². The second-order valence-electron chi connectivity index (χ2n) is 2.85. The average molecular weight is 241 g/mol. The van der Waals surface area contributed by atoms with Gasteiger partial charge in [-0.3, -0.25) is 0 Å². The van der Waals surface area contributed by atoms with Crippen molar-refractivity contribution < 1.29 is 4.42 Å². The number of nitrogens with one attached hydrogen (secondary N) is 1. The maximum atomic E-state index is 5.23. The van der Waals surface area contributed by atoms with E-state index >= 15 is 0 Å². The normalized spacial score (nSPS) is 10.6. The van der Waals surface area contributed by atoms with Gasteiger partial charge in [-0.05, 0) is 35.0 Å². The van der Waals surface area contributed by atoms with E-state index in [1.54, 1.807) is 6.26 Å². The number of aromatic nitrogens is 2. The SMILES string of the molecule is Cc1nc(Br)c(Cc2ccco2)[nH]1. The fourth-order valence-corrected chi connectivity index (χ4v) is 1.72. The van der Waals surface area contributed by atoms with E-state index in [0.717, 1.165) is 28.3 Å². The third kappa shape index (κ3) is 1.83. The van der Waals surface area contributed by atoms with Gasteiger partial charge in [-0.2, -0.15) is 0 Å². The summed E-state index contributed by atoms with van der Waals surface area (Å²) in [7, 11) is 0. The lowest BCUT2D eigenvalue weighted by Crippen LogP contribution is -1.86. The minimum atomic E-state index is 0.744. The Bertz CT molecular complexity index is 392. The second kappa shape index (κ2) is 3.38. The third-order valence-electron chi connectivity index (χ3n) is 1.78. The lowest BCUT2D eigenvalue weighted by atomic mass is 10.3. The van der Waals surface area contributed by atoms with Crippen LogP contribution >= 0.6 is 15.9 Å². The van der Waals surface area contributed by atoms with Gasteiger partial charge in [0, 0.05) is 6.42 Å². The Morgan fingerprint density at radius 1 is 1.62 bits per heavy atom. The Balaban J connectivity index is 2.23. The van der Waals surface area contributed by atoms with E-state index in [2.05, 4.69) is 25.9 Å². The molecule has 0 fully saturated rings. The van der Waals surface area contributed by atoms with Crippen molar-refractivity contribution >= 4 is 15.9 Å². The number of H-pyrrole nitrogens is 1. The Hall–Kier alpha value is -1.03. The third-order valence-corrected chi connectivity index (χ3v) is 2.43. The molecule has 0 unspecified atom stereocenters. The summed E-state index contributed by atoms with van der Waals surface area (Å²) in [6.45, 7) is 1.93. The van der Waals surface area contributed by atoms with Gasteiger partial charge >= 0.3 is 0 Å². The summed E-state index contributed by atoms with van der Waals surface area (Å²) in [5.74, 6) is 1.85. The van der Waals surface area contributed by atoms with Crippen LogP contribution < -0.4 is 0 Å².